The number of anilines is 1. The normalized spacial score (nSPS) is 23.8. The van der Waals surface area contributed by atoms with E-state index in [0.29, 0.717) is 38.0 Å². The summed E-state index contributed by atoms with van der Waals surface area (Å²) in [4.78, 5) is 27.8. The lowest BCUT2D eigenvalue weighted by molar-refractivity contribution is -0.146. The average Bonchev–Trinajstić information content (AvgIpc) is 3.65. The van der Waals surface area contributed by atoms with Gasteiger partial charge in [-0.25, -0.2) is 0 Å². The molecule has 1 unspecified atom stereocenters. The first-order chi connectivity index (χ1) is 21.0. The summed E-state index contributed by atoms with van der Waals surface area (Å²) in [6.45, 7) is 6.12. The highest BCUT2D eigenvalue weighted by atomic mass is 127. The van der Waals surface area contributed by atoms with E-state index in [1.54, 1.807) is 22.7 Å². The Morgan fingerprint density at radius 3 is 2.64 bits per heavy atom. The summed E-state index contributed by atoms with van der Waals surface area (Å²) in [5.41, 5.74) is 1.48. The predicted molar refractivity (Wildman–Crippen MR) is 175 cm³/mol. The van der Waals surface area contributed by atoms with E-state index in [1.807, 2.05) is 61.7 Å². The van der Waals surface area contributed by atoms with Gasteiger partial charge in [0.2, 0.25) is 8.41 Å². The van der Waals surface area contributed by atoms with E-state index in [1.165, 1.54) is 7.11 Å². The summed E-state index contributed by atoms with van der Waals surface area (Å²) in [7, 11) is -1.94. The third-order valence-electron chi connectivity index (χ3n) is 9.10. The minimum atomic E-state index is -3.31. The molecule has 1 N–H and O–H groups in total. The molecule has 1 saturated heterocycles. The fourth-order valence-electron chi connectivity index (χ4n) is 7.05. The number of aliphatic hydroxyl groups is 1. The Morgan fingerprint density at radius 1 is 1.20 bits per heavy atom. The molecule has 12 heteroatoms. The Hall–Kier alpha value is -2.68. The number of aliphatic hydroxyl groups excluding tert-OH is 1. The van der Waals surface area contributed by atoms with Crippen molar-refractivity contribution < 1.29 is 28.3 Å². The van der Waals surface area contributed by atoms with Crippen LogP contribution in [0.5, 0.6) is 0 Å². The lowest BCUT2D eigenvalue weighted by Crippen LogP contribution is -2.45. The number of carbonyl (C=O) groups is 2. The van der Waals surface area contributed by atoms with Crippen LogP contribution in [0.2, 0.25) is 18.6 Å². The highest BCUT2D eigenvalue weighted by Crippen LogP contribution is 2.60. The number of hydrogen-bond donors (Lipinski definition) is 1. The Bertz CT molecular complexity index is 1480. The van der Waals surface area contributed by atoms with Crippen molar-refractivity contribution >= 4 is 48.6 Å². The second kappa shape index (κ2) is 13.4. The van der Waals surface area contributed by atoms with Gasteiger partial charge in [0.1, 0.15) is 0 Å². The van der Waals surface area contributed by atoms with Crippen molar-refractivity contribution in [2.24, 2.45) is 5.92 Å². The Kier molecular flexibility index (Phi) is 9.92. The van der Waals surface area contributed by atoms with Crippen molar-refractivity contribution in [1.29, 1.82) is 0 Å². The van der Waals surface area contributed by atoms with Crippen molar-refractivity contribution in [3.63, 3.8) is 0 Å². The maximum atomic E-state index is 16.2. The Labute approximate surface area is 272 Å². The van der Waals surface area contributed by atoms with E-state index in [0.717, 1.165) is 20.4 Å². The maximum absolute atomic E-state index is 16.2. The zero-order valence-corrected chi connectivity index (χ0v) is 28.7. The number of aromatic nitrogens is 3. The summed E-state index contributed by atoms with van der Waals surface area (Å²) in [5.74, 6) is -1.12. The molecule has 5 rings (SSSR count). The summed E-state index contributed by atoms with van der Waals surface area (Å²) in [5, 5.41) is 18.7. The number of unbranched alkanes of at least 4 members (excludes halogenated alkanes) is 1. The molecule has 3 heterocycles. The summed E-state index contributed by atoms with van der Waals surface area (Å²) < 4.78 is 30.4. The Balaban J connectivity index is 1.39. The van der Waals surface area contributed by atoms with Crippen LogP contribution < -0.4 is 4.90 Å². The maximum Gasteiger partial charge on any atom is 0.305 e. The second-order valence-corrected chi connectivity index (χ2v) is 17.3. The number of nitrogens with zero attached hydrogens (tertiary/aromatic N) is 4. The number of fused-ring (bicyclic) bond motifs is 2. The molecule has 1 amide bonds. The second-order valence-electron chi connectivity index (χ2n) is 12.3. The molecule has 5 atom stereocenters. The van der Waals surface area contributed by atoms with E-state index in [-0.39, 0.29) is 36.7 Å². The van der Waals surface area contributed by atoms with Gasteiger partial charge in [0.05, 0.1) is 37.1 Å². The van der Waals surface area contributed by atoms with E-state index in [4.69, 9.17) is 9.47 Å². The molecule has 1 aromatic heterocycles. The summed E-state index contributed by atoms with van der Waals surface area (Å²) >= 11 is 2.24. The molecular formula is C32H40FIN4O5Si. The van der Waals surface area contributed by atoms with Crippen LogP contribution in [-0.2, 0) is 31.2 Å². The molecule has 1 spiro atoms. The molecule has 0 aliphatic carbocycles. The third kappa shape index (κ3) is 6.22. The lowest BCUT2D eigenvalue weighted by atomic mass is 9.82. The van der Waals surface area contributed by atoms with Gasteiger partial charge in [-0.3, -0.25) is 14.3 Å². The Morgan fingerprint density at radius 2 is 1.95 bits per heavy atom. The number of benzene rings is 2. The van der Waals surface area contributed by atoms with Crippen LogP contribution in [0, 0.1) is 9.49 Å². The van der Waals surface area contributed by atoms with Crippen LogP contribution in [0.3, 0.4) is 0 Å². The molecule has 2 aliphatic heterocycles. The molecule has 1 fully saturated rings. The fraction of sp³-hybridized carbons (Fsp3) is 0.500. The quantitative estimate of drug-likeness (QED) is 0.0854. The van der Waals surface area contributed by atoms with Gasteiger partial charge in [-0.05, 0) is 78.7 Å². The van der Waals surface area contributed by atoms with Crippen LogP contribution >= 0.6 is 22.6 Å². The molecule has 2 aromatic carbocycles. The van der Waals surface area contributed by atoms with E-state index >= 15 is 4.11 Å². The number of esters is 1. The number of hydrogen-bond acceptors (Lipinski definition) is 7. The largest absolute Gasteiger partial charge is 0.469 e. The number of rotatable bonds is 12. The van der Waals surface area contributed by atoms with E-state index in [2.05, 4.69) is 32.9 Å². The number of ether oxygens (including phenoxy) is 2. The molecule has 0 radical (unpaired) electrons. The smallest absolute Gasteiger partial charge is 0.305 e. The zero-order valence-electron chi connectivity index (χ0n) is 25.6. The molecule has 0 saturated carbocycles. The molecule has 44 heavy (non-hydrogen) atoms. The first-order valence-electron chi connectivity index (χ1n) is 15.1. The molecule has 2 aliphatic rings. The molecule has 3 aromatic rings. The van der Waals surface area contributed by atoms with Crippen molar-refractivity contribution in [3.8, 4) is 0 Å². The number of carbonyl (C=O) groups excluding carboxylic acids is 2. The van der Waals surface area contributed by atoms with Crippen molar-refractivity contribution in [2.75, 3.05) is 25.2 Å². The summed E-state index contributed by atoms with van der Waals surface area (Å²) in [6, 6.07) is 15.6. The molecule has 0 bridgehead atoms. The van der Waals surface area contributed by atoms with E-state index < -0.39 is 25.7 Å². The minimum Gasteiger partial charge on any atom is -0.469 e. The van der Waals surface area contributed by atoms with Crippen LogP contribution in [0.1, 0.15) is 55.3 Å². The van der Waals surface area contributed by atoms with Crippen LogP contribution in [0.15, 0.2) is 54.7 Å². The van der Waals surface area contributed by atoms with Gasteiger partial charge in [0, 0.05) is 46.3 Å². The highest BCUT2D eigenvalue weighted by molar-refractivity contribution is 14.1. The van der Waals surface area contributed by atoms with Crippen molar-refractivity contribution in [2.45, 2.75) is 75.4 Å². The van der Waals surface area contributed by atoms with Crippen molar-refractivity contribution in [1.82, 2.24) is 15.0 Å². The van der Waals surface area contributed by atoms with Crippen LogP contribution in [0.4, 0.5) is 9.80 Å². The number of methoxy groups -OCH3 is 1. The van der Waals surface area contributed by atoms with Crippen LogP contribution in [0.25, 0.3) is 0 Å². The van der Waals surface area contributed by atoms with E-state index in [9.17, 15) is 14.7 Å². The topological polar surface area (TPSA) is 107 Å². The van der Waals surface area contributed by atoms with Gasteiger partial charge >= 0.3 is 5.97 Å². The fourth-order valence-corrected chi connectivity index (χ4v) is 10.1. The first kappa shape index (κ1) is 32.7. The molecule has 9 nitrogen and oxygen atoms in total. The molecule has 236 valence electrons. The standard InChI is InChI=1S/C32H40FIN4O5Si/c1-21-30(44(3,4)33)28(15-17-37-19-26(35-36-37)24(20-39)22-10-6-5-7-11-22)43-32(21)25-18-23(34)13-14-27(25)38(31(32)41)16-9-8-12-29(40)42-2/h5-7,10-11,13-14,18-19,21,24,28,30,39H,8-9,12,15-17,20H2,1-4H3/t21-,24?,28+,30-,32+/m1/s1. The lowest BCUT2D eigenvalue weighted by Gasteiger charge is -2.31. The zero-order chi connectivity index (χ0) is 31.6. The van der Waals surface area contributed by atoms with Gasteiger partial charge in [-0.15, -0.1) is 5.10 Å². The van der Waals surface area contributed by atoms with Crippen LogP contribution in [-0.4, -0.2) is 66.7 Å². The SMILES string of the molecule is COC(=O)CCCCN1C(=O)[C@@]2(O[C@@H](CCn3cc(C(CO)c4ccccc4)nn3)[C@H]([Si](C)(C)F)[C@H]2C)c2cc(I)ccc21. The van der Waals surface area contributed by atoms with Gasteiger partial charge < -0.3 is 23.6 Å². The highest BCUT2D eigenvalue weighted by Gasteiger charge is 2.66. The number of aryl methyl sites for hydroxylation is 1. The van der Waals surface area contributed by atoms with Gasteiger partial charge in [-0.2, -0.15) is 0 Å². The third-order valence-corrected chi connectivity index (χ3v) is 12.2. The van der Waals surface area contributed by atoms with Gasteiger partial charge in [0.15, 0.2) is 5.60 Å². The molecular weight excluding hydrogens is 694 g/mol. The average molecular weight is 735 g/mol. The number of halogens is 2. The van der Waals surface area contributed by atoms with Gasteiger partial charge in [0.25, 0.3) is 5.91 Å². The van der Waals surface area contributed by atoms with Gasteiger partial charge in [-0.1, -0.05) is 42.5 Å². The predicted octanol–water partition coefficient (Wildman–Crippen LogP) is 5.56. The first-order valence-corrected chi connectivity index (χ1v) is 19.2. The minimum absolute atomic E-state index is 0.0995. The summed E-state index contributed by atoms with van der Waals surface area (Å²) in [6.07, 6.45) is 3.29. The monoisotopic (exact) mass is 734 g/mol. The number of amides is 1. The van der Waals surface area contributed by atoms with Crippen molar-refractivity contribution in [3.05, 3.63) is 75.1 Å².